The van der Waals surface area contributed by atoms with Crippen molar-refractivity contribution in [3.8, 4) is 0 Å². The standard InChI is InChI=1S/C14H23N3O/c1-11(15-2)13-7-4-8-16-14(13)17-9-5-6-12(10-17)18-3/h4,7-8,11-12,15H,5-6,9-10H2,1-3H3. The van der Waals surface area contributed by atoms with Crippen molar-refractivity contribution in [1.82, 2.24) is 10.3 Å². The van der Waals surface area contributed by atoms with Gasteiger partial charge in [-0.2, -0.15) is 0 Å². The molecule has 1 aliphatic rings. The Morgan fingerprint density at radius 1 is 1.56 bits per heavy atom. The maximum Gasteiger partial charge on any atom is 0.133 e. The molecule has 0 radical (unpaired) electrons. The van der Waals surface area contributed by atoms with Crippen LogP contribution in [0, 0.1) is 0 Å². The van der Waals surface area contributed by atoms with Gasteiger partial charge in [0.1, 0.15) is 5.82 Å². The molecule has 2 heterocycles. The van der Waals surface area contributed by atoms with Crippen LogP contribution in [0.25, 0.3) is 0 Å². The third-order valence-electron chi connectivity index (χ3n) is 3.73. The van der Waals surface area contributed by atoms with Crippen molar-refractivity contribution in [2.75, 3.05) is 32.1 Å². The Bertz CT molecular complexity index is 383. The quantitative estimate of drug-likeness (QED) is 0.885. The lowest BCUT2D eigenvalue weighted by Gasteiger charge is -2.34. The molecule has 0 spiro atoms. The number of pyridine rings is 1. The van der Waals surface area contributed by atoms with Crippen LogP contribution in [0.2, 0.25) is 0 Å². The predicted molar refractivity (Wildman–Crippen MR) is 74.0 cm³/mol. The maximum absolute atomic E-state index is 5.48. The monoisotopic (exact) mass is 249 g/mol. The molecule has 0 saturated carbocycles. The minimum Gasteiger partial charge on any atom is -0.380 e. The fourth-order valence-electron chi connectivity index (χ4n) is 2.49. The van der Waals surface area contributed by atoms with Crippen LogP contribution in [0.5, 0.6) is 0 Å². The van der Waals surface area contributed by atoms with E-state index >= 15 is 0 Å². The first kappa shape index (κ1) is 13.3. The van der Waals surface area contributed by atoms with E-state index in [1.165, 1.54) is 12.0 Å². The molecule has 2 atom stereocenters. The van der Waals surface area contributed by atoms with E-state index in [4.69, 9.17) is 4.74 Å². The molecule has 2 rings (SSSR count). The minimum atomic E-state index is 0.316. The summed E-state index contributed by atoms with van der Waals surface area (Å²) in [6, 6.07) is 4.47. The van der Waals surface area contributed by atoms with Gasteiger partial charge < -0.3 is 15.0 Å². The van der Waals surface area contributed by atoms with Crippen molar-refractivity contribution in [3.05, 3.63) is 23.9 Å². The normalized spacial score (nSPS) is 21.9. The molecule has 0 aliphatic carbocycles. The Kier molecular flexibility index (Phi) is 4.55. The van der Waals surface area contributed by atoms with Gasteiger partial charge in [0.2, 0.25) is 0 Å². The summed E-state index contributed by atoms with van der Waals surface area (Å²) in [6.45, 7) is 4.18. The summed E-state index contributed by atoms with van der Waals surface area (Å²) < 4.78 is 5.48. The average molecular weight is 249 g/mol. The second-order valence-electron chi connectivity index (χ2n) is 4.87. The molecular formula is C14H23N3O. The number of anilines is 1. The van der Waals surface area contributed by atoms with E-state index in [2.05, 4.69) is 28.2 Å². The van der Waals surface area contributed by atoms with E-state index in [1.807, 2.05) is 19.3 Å². The number of nitrogens with one attached hydrogen (secondary N) is 1. The van der Waals surface area contributed by atoms with Gasteiger partial charge in [0, 0.05) is 38.0 Å². The van der Waals surface area contributed by atoms with E-state index < -0.39 is 0 Å². The van der Waals surface area contributed by atoms with Crippen molar-refractivity contribution >= 4 is 5.82 Å². The number of aromatic nitrogens is 1. The molecule has 1 aliphatic heterocycles. The van der Waals surface area contributed by atoms with E-state index in [9.17, 15) is 0 Å². The molecule has 0 aromatic carbocycles. The summed E-state index contributed by atoms with van der Waals surface area (Å²) in [6.07, 6.45) is 4.52. The summed E-state index contributed by atoms with van der Waals surface area (Å²) in [5.41, 5.74) is 1.26. The molecule has 1 saturated heterocycles. The molecule has 4 nitrogen and oxygen atoms in total. The van der Waals surface area contributed by atoms with Crippen LogP contribution in [0.15, 0.2) is 18.3 Å². The van der Waals surface area contributed by atoms with Gasteiger partial charge in [-0.05, 0) is 32.9 Å². The van der Waals surface area contributed by atoms with Crippen LogP contribution >= 0.6 is 0 Å². The second kappa shape index (κ2) is 6.16. The van der Waals surface area contributed by atoms with Crippen LogP contribution in [-0.2, 0) is 4.74 Å². The molecule has 100 valence electrons. The molecule has 18 heavy (non-hydrogen) atoms. The highest BCUT2D eigenvalue weighted by Crippen LogP contribution is 2.26. The Hall–Kier alpha value is -1.13. The topological polar surface area (TPSA) is 37.4 Å². The zero-order valence-corrected chi connectivity index (χ0v) is 11.5. The molecule has 1 fully saturated rings. The number of methoxy groups -OCH3 is 1. The zero-order valence-electron chi connectivity index (χ0n) is 11.5. The molecule has 0 bridgehead atoms. The first-order chi connectivity index (χ1) is 8.76. The molecule has 1 aromatic heterocycles. The van der Waals surface area contributed by atoms with Crippen LogP contribution in [-0.4, -0.2) is 38.3 Å². The van der Waals surface area contributed by atoms with Gasteiger partial charge >= 0.3 is 0 Å². The van der Waals surface area contributed by atoms with E-state index in [1.54, 1.807) is 7.11 Å². The lowest BCUT2D eigenvalue weighted by Crippen LogP contribution is -2.40. The van der Waals surface area contributed by atoms with Crippen molar-refractivity contribution in [2.45, 2.75) is 31.9 Å². The Labute approximate surface area is 109 Å². The van der Waals surface area contributed by atoms with E-state index in [0.29, 0.717) is 12.1 Å². The Morgan fingerprint density at radius 3 is 3.11 bits per heavy atom. The highest BCUT2D eigenvalue weighted by atomic mass is 16.5. The highest BCUT2D eigenvalue weighted by Gasteiger charge is 2.23. The van der Waals surface area contributed by atoms with Crippen molar-refractivity contribution in [2.24, 2.45) is 0 Å². The molecule has 4 heteroatoms. The lowest BCUT2D eigenvalue weighted by molar-refractivity contribution is 0.0891. The third-order valence-corrected chi connectivity index (χ3v) is 3.73. The number of hydrogen-bond acceptors (Lipinski definition) is 4. The number of ether oxygens (including phenoxy) is 1. The number of nitrogens with zero attached hydrogens (tertiary/aromatic N) is 2. The molecule has 1 N–H and O–H groups in total. The predicted octanol–water partition coefficient (Wildman–Crippen LogP) is 1.98. The first-order valence-corrected chi connectivity index (χ1v) is 6.66. The van der Waals surface area contributed by atoms with Gasteiger partial charge in [0.15, 0.2) is 0 Å². The zero-order chi connectivity index (χ0) is 13.0. The van der Waals surface area contributed by atoms with Crippen molar-refractivity contribution in [3.63, 3.8) is 0 Å². The van der Waals surface area contributed by atoms with E-state index in [-0.39, 0.29) is 0 Å². The fraction of sp³-hybridized carbons (Fsp3) is 0.643. The number of piperidine rings is 1. The smallest absolute Gasteiger partial charge is 0.133 e. The van der Waals surface area contributed by atoms with Gasteiger partial charge in [0.05, 0.1) is 6.10 Å². The summed E-state index contributed by atoms with van der Waals surface area (Å²) >= 11 is 0. The van der Waals surface area contributed by atoms with Crippen LogP contribution in [0.4, 0.5) is 5.82 Å². The second-order valence-corrected chi connectivity index (χ2v) is 4.87. The van der Waals surface area contributed by atoms with E-state index in [0.717, 1.165) is 25.3 Å². The van der Waals surface area contributed by atoms with Gasteiger partial charge in [-0.15, -0.1) is 0 Å². The Morgan fingerprint density at radius 2 is 2.39 bits per heavy atom. The third kappa shape index (κ3) is 2.82. The summed E-state index contributed by atoms with van der Waals surface area (Å²) in [4.78, 5) is 6.92. The first-order valence-electron chi connectivity index (χ1n) is 6.66. The summed E-state index contributed by atoms with van der Waals surface area (Å²) in [5, 5.41) is 3.29. The van der Waals surface area contributed by atoms with Crippen LogP contribution in [0.3, 0.4) is 0 Å². The summed E-state index contributed by atoms with van der Waals surface area (Å²) in [7, 11) is 3.78. The van der Waals surface area contributed by atoms with Gasteiger partial charge in [-0.1, -0.05) is 6.07 Å². The molecule has 0 amide bonds. The number of rotatable bonds is 4. The minimum absolute atomic E-state index is 0.316. The number of hydrogen-bond donors (Lipinski definition) is 1. The van der Waals surface area contributed by atoms with Gasteiger partial charge in [0.25, 0.3) is 0 Å². The summed E-state index contributed by atoms with van der Waals surface area (Å²) in [5.74, 6) is 1.10. The largest absolute Gasteiger partial charge is 0.380 e. The van der Waals surface area contributed by atoms with Gasteiger partial charge in [-0.3, -0.25) is 0 Å². The van der Waals surface area contributed by atoms with Crippen LogP contribution in [0.1, 0.15) is 31.4 Å². The molecular weight excluding hydrogens is 226 g/mol. The fourth-order valence-corrected chi connectivity index (χ4v) is 2.49. The molecule has 2 unspecified atom stereocenters. The Balaban J connectivity index is 2.21. The highest BCUT2D eigenvalue weighted by molar-refractivity contribution is 5.48. The SMILES string of the molecule is CNC(C)c1cccnc1N1CCCC(OC)C1. The lowest BCUT2D eigenvalue weighted by atomic mass is 10.1. The van der Waals surface area contributed by atoms with Crippen molar-refractivity contribution < 1.29 is 4.74 Å². The average Bonchev–Trinajstić information content (AvgIpc) is 2.46. The molecule has 1 aromatic rings. The van der Waals surface area contributed by atoms with Crippen LogP contribution < -0.4 is 10.2 Å². The maximum atomic E-state index is 5.48. The van der Waals surface area contributed by atoms with Crippen molar-refractivity contribution in [1.29, 1.82) is 0 Å². The van der Waals surface area contributed by atoms with Gasteiger partial charge in [-0.25, -0.2) is 4.98 Å².